The fraction of sp³-hybridized carbons (Fsp3) is 0.316. The summed E-state index contributed by atoms with van der Waals surface area (Å²) in [6.45, 7) is -2.70. The number of rotatable bonds is 8. The van der Waals surface area contributed by atoms with E-state index in [9.17, 15) is 13.6 Å². The molecule has 2 aromatic carbocycles. The highest BCUT2D eigenvalue weighted by Crippen LogP contribution is 2.23. The van der Waals surface area contributed by atoms with Gasteiger partial charge in [0.1, 0.15) is 11.5 Å². The van der Waals surface area contributed by atoms with Crippen LogP contribution >= 0.6 is 0 Å². The van der Waals surface area contributed by atoms with Gasteiger partial charge in [-0.05, 0) is 43.9 Å². The van der Waals surface area contributed by atoms with Gasteiger partial charge in [0.2, 0.25) is 0 Å². The summed E-state index contributed by atoms with van der Waals surface area (Å²) in [4.78, 5) is 14.4. The van der Waals surface area contributed by atoms with E-state index >= 15 is 0 Å². The molecule has 2 rings (SSSR count). The van der Waals surface area contributed by atoms with Gasteiger partial charge in [-0.25, -0.2) is 0 Å². The fourth-order valence-electron chi connectivity index (χ4n) is 2.58. The van der Waals surface area contributed by atoms with Gasteiger partial charge in [-0.2, -0.15) is 8.78 Å². The third-order valence-electron chi connectivity index (χ3n) is 3.91. The van der Waals surface area contributed by atoms with E-state index in [1.54, 1.807) is 13.2 Å². The van der Waals surface area contributed by atoms with Crippen LogP contribution in [0.5, 0.6) is 11.5 Å². The van der Waals surface area contributed by atoms with Crippen LogP contribution in [0, 0.1) is 0 Å². The number of nitrogens with one attached hydrogen (secondary N) is 1. The van der Waals surface area contributed by atoms with E-state index in [4.69, 9.17) is 4.74 Å². The van der Waals surface area contributed by atoms with Gasteiger partial charge < -0.3 is 19.7 Å². The van der Waals surface area contributed by atoms with E-state index in [0.717, 1.165) is 11.3 Å². The minimum Gasteiger partial charge on any atom is -0.497 e. The van der Waals surface area contributed by atoms with Gasteiger partial charge in [0.05, 0.1) is 18.7 Å². The van der Waals surface area contributed by atoms with Gasteiger partial charge in [-0.15, -0.1) is 0 Å². The van der Waals surface area contributed by atoms with Crippen molar-refractivity contribution in [3.63, 3.8) is 0 Å². The van der Waals surface area contributed by atoms with Crippen molar-refractivity contribution < 1.29 is 23.0 Å². The molecule has 0 spiro atoms. The molecule has 1 N–H and O–H groups in total. The highest BCUT2D eigenvalue weighted by Gasteiger charge is 2.19. The zero-order valence-corrected chi connectivity index (χ0v) is 14.9. The van der Waals surface area contributed by atoms with Gasteiger partial charge in [-0.1, -0.05) is 24.3 Å². The number of halogens is 2. The van der Waals surface area contributed by atoms with Crippen LogP contribution in [0.3, 0.4) is 0 Å². The number of methoxy groups -OCH3 is 1. The predicted molar refractivity (Wildman–Crippen MR) is 94.8 cm³/mol. The molecule has 2 aromatic rings. The van der Waals surface area contributed by atoms with Crippen molar-refractivity contribution in [1.82, 2.24) is 10.2 Å². The lowest BCUT2D eigenvalue weighted by Crippen LogP contribution is -2.34. The number of benzene rings is 2. The van der Waals surface area contributed by atoms with Crippen LogP contribution in [-0.4, -0.2) is 45.2 Å². The SMILES string of the molecule is COc1cccc([C@@H](CNC(=O)c2ccccc2OC(F)F)N(C)C)c1. The first-order valence-corrected chi connectivity index (χ1v) is 8.04. The Morgan fingerprint density at radius 1 is 1.15 bits per heavy atom. The summed E-state index contributed by atoms with van der Waals surface area (Å²) in [6, 6.07) is 13.3. The largest absolute Gasteiger partial charge is 0.497 e. The number of nitrogens with zero attached hydrogens (tertiary/aromatic N) is 1. The molecule has 0 aliphatic carbocycles. The Kier molecular flexibility index (Phi) is 6.91. The van der Waals surface area contributed by atoms with Crippen LogP contribution in [0.4, 0.5) is 8.78 Å². The molecule has 0 fully saturated rings. The van der Waals surface area contributed by atoms with Crippen molar-refractivity contribution in [3.05, 3.63) is 59.7 Å². The molecule has 1 atom stereocenters. The maximum Gasteiger partial charge on any atom is 0.387 e. The van der Waals surface area contributed by atoms with Crippen molar-refractivity contribution in [2.45, 2.75) is 12.7 Å². The van der Waals surface area contributed by atoms with E-state index in [1.807, 2.05) is 43.3 Å². The summed E-state index contributed by atoms with van der Waals surface area (Å²) in [7, 11) is 5.37. The lowest BCUT2D eigenvalue weighted by atomic mass is 10.1. The smallest absolute Gasteiger partial charge is 0.387 e. The fourth-order valence-corrected chi connectivity index (χ4v) is 2.58. The Morgan fingerprint density at radius 3 is 2.54 bits per heavy atom. The van der Waals surface area contributed by atoms with Crippen LogP contribution in [0.15, 0.2) is 48.5 Å². The molecule has 0 aromatic heterocycles. The first kappa shape index (κ1) is 19.7. The number of para-hydroxylation sites is 1. The van der Waals surface area contributed by atoms with Crippen LogP contribution in [0.1, 0.15) is 22.0 Å². The molecule has 0 bridgehead atoms. The minimum absolute atomic E-state index is 0.0657. The van der Waals surface area contributed by atoms with Crippen molar-refractivity contribution in [3.8, 4) is 11.5 Å². The molecule has 0 unspecified atom stereocenters. The number of alkyl halides is 2. The average Bonchev–Trinajstić information content (AvgIpc) is 2.61. The van der Waals surface area contributed by atoms with Crippen LogP contribution in [-0.2, 0) is 0 Å². The molecular formula is C19H22F2N2O3. The molecule has 0 saturated carbocycles. The Bertz CT molecular complexity index is 738. The standard InChI is InChI=1S/C19H22F2N2O3/c1-23(2)16(13-7-6-8-14(11-13)25-3)12-22-18(24)15-9-4-5-10-17(15)26-19(20)21/h4-11,16,19H,12H2,1-3H3,(H,22,24)/t16-/m1/s1. The maximum absolute atomic E-state index is 12.5. The molecule has 140 valence electrons. The number of ether oxygens (including phenoxy) is 2. The molecule has 1 amide bonds. The Hall–Kier alpha value is -2.67. The molecule has 5 nitrogen and oxygen atoms in total. The van der Waals surface area contributed by atoms with Crippen molar-refractivity contribution >= 4 is 5.91 Å². The number of hydrogen-bond acceptors (Lipinski definition) is 4. The minimum atomic E-state index is -2.99. The summed E-state index contributed by atoms with van der Waals surface area (Å²) < 4.78 is 34.7. The van der Waals surface area contributed by atoms with Gasteiger partial charge >= 0.3 is 6.61 Å². The molecule has 0 saturated heterocycles. The van der Waals surface area contributed by atoms with E-state index < -0.39 is 12.5 Å². The number of carbonyl (C=O) groups excluding carboxylic acids is 1. The van der Waals surface area contributed by atoms with Crippen LogP contribution in [0.2, 0.25) is 0 Å². The van der Waals surface area contributed by atoms with Gasteiger partial charge in [0.15, 0.2) is 0 Å². The molecule has 0 heterocycles. The second kappa shape index (κ2) is 9.15. The summed E-state index contributed by atoms with van der Waals surface area (Å²) in [5.41, 5.74) is 1.03. The van der Waals surface area contributed by atoms with Crippen molar-refractivity contribution in [2.24, 2.45) is 0 Å². The van der Waals surface area contributed by atoms with Gasteiger partial charge in [0, 0.05) is 6.54 Å². The topological polar surface area (TPSA) is 50.8 Å². The number of hydrogen-bond donors (Lipinski definition) is 1. The Balaban J connectivity index is 2.13. The second-order valence-electron chi connectivity index (χ2n) is 5.84. The van der Waals surface area contributed by atoms with Crippen molar-refractivity contribution in [2.75, 3.05) is 27.7 Å². The monoisotopic (exact) mass is 364 g/mol. The van der Waals surface area contributed by atoms with Crippen LogP contribution < -0.4 is 14.8 Å². The average molecular weight is 364 g/mol. The normalized spacial score (nSPS) is 12.1. The Morgan fingerprint density at radius 2 is 1.88 bits per heavy atom. The molecule has 0 radical (unpaired) electrons. The predicted octanol–water partition coefficient (Wildman–Crippen LogP) is 3.33. The van der Waals surface area contributed by atoms with E-state index in [0.29, 0.717) is 6.54 Å². The Labute approximate surface area is 151 Å². The molecule has 7 heteroatoms. The first-order valence-electron chi connectivity index (χ1n) is 8.04. The summed E-state index contributed by atoms with van der Waals surface area (Å²) >= 11 is 0. The molecule has 26 heavy (non-hydrogen) atoms. The third kappa shape index (κ3) is 5.16. The molecule has 0 aliphatic heterocycles. The van der Waals surface area contributed by atoms with Gasteiger partial charge in [-0.3, -0.25) is 4.79 Å². The highest BCUT2D eigenvalue weighted by molar-refractivity contribution is 5.96. The first-order chi connectivity index (χ1) is 12.4. The maximum atomic E-state index is 12.5. The molecule has 0 aliphatic rings. The summed E-state index contributed by atoms with van der Waals surface area (Å²) in [5.74, 6) is 0.0927. The highest BCUT2D eigenvalue weighted by atomic mass is 19.3. The summed E-state index contributed by atoms with van der Waals surface area (Å²) in [6.07, 6.45) is 0. The molecular weight excluding hydrogens is 342 g/mol. The quantitative estimate of drug-likeness (QED) is 0.781. The van der Waals surface area contributed by atoms with Crippen molar-refractivity contribution in [1.29, 1.82) is 0 Å². The van der Waals surface area contributed by atoms with E-state index in [-0.39, 0.29) is 17.4 Å². The van der Waals surface area contributed by atoms with Gasteiger partial charge in [0.25, 0.3) is 5.91 Å². The zero-order chi connectivity index (χ0) is 19.1. The second-order valence-corrected chi connectivity index (χ2v) is 5.84. The number of likely N-dealkylation sites (N-methyl/N-ethyl adjacent to an activating group) is 1. The van der Waals surface area contributed by atoms with E-state index in [2.05, 4.69) is 10.1 Å². The zero-order valence-electron chi connectivity index (χ0n) is 14.9. The summed E-state index contributed by atoms with van der Waals surface area (Å²) in [5, 5.41) is 2.78. The lowest BCUT2D eigenvalue weighted by Gasteiger charge is -2.25. The van der Waals surface area contributed by atoms with E-state index in [1.165, 1.54) is 18.2 Å². The van der Waals surface area contributed by atoms with Crippen LogP contribution in [0.25, 0.3) is 0 Å². The number of carbonyl (C=O) groups is 1. The lowest BCUT2D eigenvalue weighted by molar-refractivity contribution is -0.0501. The third-order valence-corrected chi connectivity index (χ3v) is 3.91. The number of amides is 1.